The Balaban J connectivity index is 2.55. The van der Waals surface area contributed by atoms with E-state index in [1.165, 1.54) is 19.1 Å². The van der Waals surface area contributed by atoms with Crippen LogP contribution in [0.2, 0.25) is 0 Å². The van der Waals surface area contributed by atoms with Gasteiger partial charge in [-0.3, -0.25) is 9.69 Å². The zero-order chi connectivity index (χ0) is 16.1. The lowest BCUT2D eigenvalue weighted by Crippen LogP contribution is -2.37. The number of fused-ring (bicyclic) bond motifs is 1. The van der Waals surface area contributed by atoms with E-state index < -0.39 is 12.1 Å². The summed E-state index contributed by atoms with van der Waals surface area (Å²) >= 11 is 0. The number of benzene rings is 1. The van der Waals surface area contributed by atoms with Gasteiger partial charge in [-0.15, -0.1) is 0 Å². The molecule has 0 radical (unpaired) electrons. The highest BCUT2D eigenvalue weighted by atomic mass is 16.5. The van der Waals surface area contributed by atoms with Crippen LogP contribution in [-0.2, 0) is 14.3 Å². The highest BCUT2D eigenvalue weighted by Crippen LogP contribution is 2.37. The second kappa shape index (κ2) is 6.93. The molecule has 0 bridgehead atoms. The van der Waals surface area contributed by atoms with Gasteiger partial charge in [0.05, 0.1) is 26.7 Å². The van der Waals surface area contributed by atoms with E-state index in [0.29, 0.717) is 5.70 Å². The second-order valence-corrected chi connectivity index (χ2v) is 4.83. The maximum Gasteiger partial charge on any atom is 0.414 e. The van der Waals surface area contributed by atoms with Crippen molar-refractivity contribution in [2.24, 2.45) is 0 Å². The van der Waals surface area contributed by atoms with Crippen LogP contribution in [0.1, 0.15) is 30.5 Å². The zero-order valence-electron chi connectivity index (χ0n) is 12.9. The third-order valence-electron chi connectivity index (χ3n) is 3.54. The maximum absolute atomic E-state index is 12.2. The predicted molar refractivity (Wildman–Crippen MR) is 82.9 cm³/mol. The summed E-state index contributed by atoms with van der Waals surface area (Å²) in [4.78, 5) is 25.5. The van der Waals surface area contributed by atoms with E-state index in [9.17, 15) is 9.59 Å². The van der Waals surface area contributed by atoms with E-state index in [1.807, 2.05) is 49.4 Å². The van der Waals surface area contributed by atoms with Gasteiger partial charge in [0.2, 0.25) is 0 Å². The molecule has 1 heterocycles. The number of allylic oxidation sites excluding steroid dienone is 2. The van der Waals surface area contributed by atoms with Crippen LogP contribution < -0.4 is 0 Å². The Kier molecular flexibility index (Phi) is 4.99. The third kappa shape index (κ3) is 3.03. The summed E-state index contributed by atoms with van der Waals surface area (Å²) in [5, 5.41) is 0. The molecule has 1 aliphatic heterocycles. The number of rotatable bonds is 3. The molecule has 1 atom stereocenters. The standard InChI is InChI=1S/C17H19NO4/c1-4-7-13-10-12-8-5-6-9-14(12)15(11-16(19)21-2)18(13)17(20)22-3/h4-10,15H,11H2,1-3H3/b7-4+. The van der Waals surface area contributed by atoms with Crippen molar-refractivity contribution in [2.75, 3.05) is 14.2 Å². The first kappa shape index (κ1) is 15.8. The molecule has 0 N–H and O–H groups in total. The molecular formula is C17H19NO4. The molecule has 0 fully saturated rings. The average molecular weight is 301 g/mol. The molecule has 5 heteroatoms. The Morgan fingerprint density at radius 2 is 1.95 bits per heavy atom. The van der Waals surface area contributed by atoms with Crippen LogP contribution in [0.5, 0.6) is 0 Å². The Morgan fingerprint density at radius 3 is 2.59 bits per heavy atom. The van der Waals surface area contributed by atoms with Gasteiger partial charge in [-0.1, -0.05) is 30.3 Å². The fraction of sp³-hybridized carbons (Fsp3) is 0.294. The number of carbonyl (C=O) groups is 2. The van der Waals surface area contributed by atoms with E-state index >= 15 is 0 Å². The highest BCUT2D eigenvalue weighted by molar-refractivity contribution is 5.79. The number of hydrogen-bond donors (Lipinski definition) is 0. The smallest absolute Gasteiger partial charge is 0.414 e. The van der Waals surface area contributed by atoms with Crippen LogP contribution in [0.3, 0.4) is 0 Å². The fourth-order valence-electron chi connectivity index (χ4n) is 2.57. The largest absolute Gasteiger partial charge is 0.469 e. The van der Waals surface area contributed by atoms with Gasteiger partial charge < -0.3 is 9.47 Å². The minimum Gasteiger partial charge on any atom is -0.469 e. The van der Waals surface area contributed by atoms with Crippen LogP contribution in [-0.4, -0.2) is 31.2 Å². The van der Waals surface area contributed by atoms with Gasteiger partial charge in [-0.25, -0.2) is 4.79 Å². The summed E-state index contributed by atoms with van der Waals surface area (Å²) in [5.74, 6) is -0.379. The summed E-state index contributed by atoms with van der Waals surface area (Å²) in [6.45, 7) is 1.87. The topological polar surface area (TPSA) is 55.8 Å². The summed E-state index contributed by atoms with van der Waals surface area (Å²) in [6, 6.07) is 7.21. The average Bonchev–Trinajstić information content (AvgIpc) is 2.54. The van der Waals surface area contributed by atoms with E-state index in [1.54, 1.807) is 0 Å². The van der Waals surface area contributed by atoms with Gasteiger partial charge in [0.15, 0.2) is 0 Å². The Labute approximate surface area is 129 Å². The predicted octanol–water partition coefficient (Wildman–Crippen LogP) is 3.29. The van der Waals surface area contributed by atoms with Crippen molar-refractivity contribution in [3.8, 4) is 0 Å². The Hall–Kier alpha value is -2.56. The molecule has 1 aliphatic rings. The summed E-state index contributed by atoms with van der Waals surface area (Å²) in [7, 11) is 2.66. The number of nitrogens with zero attached hydrogens (tertiary/aromatic N) is 1. The van der Waals surface area contributed by atoms with Crippen molar-refractivity contribution in [3.63, 3.8) is 0 Å². The van der Waals surface area contributed by atoms with E-state index in [-0.39, 0.29) is 12.4 Å². The molecule has 0 saturated carbocycles. The third-order valence-corrected chi connectivity index (χ3v) is 3.54. The van der Waals surface area contributed by atoms with Crippen molar-refractivity contribution in [3.05, 3.63) is 53.2 Å². The molecule has 0 spiro atoms. The number of carbonyl (C=O) groups excluding carboxylic acids is 2. The summed E-state index contributed by atoms with van der Waals surface area (Å²) in [6.07, 6.45) is 5.12. The van der Waals surface area contributed by atoms with Crippen LogP contribution in [0.4, 0.5) is 4.79 Å². The number of hydrogen-bond acceptors (Lipinski definition) is 4. The monoisotopic (exact) mass is 301 g/mol. The van der Waals surface area contributed by atoms with E-state index in [2.05, 4.69) is 0 Å². The van der Waals surface area contributed by atoms with Gasteiger partial charge in [0, 0.05) is 5.70 Å². The molecule has 1 aromatic carbocycles. The number of amides is 1. The first-order valence-corrected chi connectivity index (χ1v) is 6.99. The minimum atomic E-state index is -0.507. The zero-order valence-corrected chi connectivity index (χ0v) is 12.9. The highest BCUT2D eigenvalue weighted by Gasteiger charge is 2.34. The van der Waals surface area contributed by atoms with Crippen molar-refractivity contribution < 1.29 is 19.1 Å². The van der Waals surface area contributed by atoms with Crippen molar-refractivity contribution in [1.29, 1.82) is 0 Å². The minimum absolute atomic E-state index is 0.0670. The molecule has 2 rings (SSSR count). The molecule has 116 valence electrons. The van der Waals surface area contributed by atoms with Gasteiger partial charge in [0.25, 0.3) is 0 Å². The fourth-order valence-corrected chi connectivity index (χ4v) is 2.57. The molecular weight excluding hydrogens is 282 g/mol. The molecule has 5 nitrogen and oxygen atoms in total. The molecule has 1 aromatic rings. The van der Waals surface area contributed by atoms with Gasteiger partial charge in [-0.05, 0) is 30.2 Å². The van der Waals surface area contributed by atoms with Crippen molar-refractivity contribution in [2.45, 2.75) is 19.4 Å². The van der Waals surface area contributed by atoms with Crippen LogP contribution in [0.25, 0.3) is 6.08 Å². The van der Waals surface area contributed by atoms with Gasteiger partial charge in [0.1, 0.15) is 0 Å². The lowest BCUT2D eigenvalue weighted by atomic mass is 9.92. The maximum atomic E-state index is 12.2. The quantitative estimate of drug-likeness (QED) is 0.804. The summed E-state index contributed by atoms with van der Waals surface area (Å²) < 4.78 is 9.66. The molecule has 1 unspecified atom stereocenters. The van der Waals surface area contributed by atoms with E-state index in [4.69, 9.17) is 9.47 Å². The van der Waals surface area contributed by atoms with Crippen LogP contribution in [0.15, 0.2) is 42.1 Å². The SMILES string of the molecule is C/C=C/C1=Cc2ccccc2C(CC(=O)OC)N1C(=O)OC. The van der Waals surface area contributed by atoms with E-state index in [0.717, 1.165) is 11.1 Å². The lowest BCUT2D eigenvalue weighted by Gasteiger charge is -2.35. The number of esters is 1. The normalized spacial score (nSPS) is 17.0. The summed E-state index contributed by atoms with van der Waals surface area (Å²) in [5.41, 5.74) is 2.55. The molecule has 0 aromatic heterocycles. The number of ether oxygens (including phenoxy) is 2. The first-order valence-electron chi connectivity index (χ1n) is 6.99. The Bertz CT molecular complexity index is 633. The van der Waals surface area contributed by atoms with Crippen LogP contribution >= 0.6 is 0 Å². The molecule has 1 amide bonds. The molecule has 22 heavy (non-hydrogen) atoms. The molecule has 0 saturated heterocycles. The van der Waals surface area contributed by atoms with Crippen molar-refractivity contribution in [1.82, 2.24) is 4.90 Å². The van der Waals surface area contributed by atoms with Gasteiger partial charge >= 0.3 is 12.1 Å². The number of methoxy groups -OCH3 is 2. The van der Waals surface area contributed by atoms with Gasteiger partial charge in [-0.2, -0.15) is 0 Å². The molecule has 0 aliphatic carbocycles. The Morgan fingerprint density at radius 1 is 1.23 bits per heavy atom. The van der Waals surface area contributed by atoms with Crippen LogP contribution in [0, 0.1) is 0 Å². The van der Waals surface area contributed by atoms with Crippen molar-refractivity contribution >= 4 is 18.1 Å². The lowest BCUT2D eigenvalue weighted by molar-refractivity contribution is -0.141. The first-order chi connectivity index (χ1) is 10.6. The second-order valence-electron chi connectivity index (χ2n) is 4.83.